The van der Waals surface area contributed by atoms with Crippen molar-refractivity contribution in [1.82, 2.24) is 0 Å². The predicted molar refractivity (Wildman–Crippen MR) is 328 cm³/mol. The summed E-state index contributed by atoms with van der Waals surface area (Å²) in [6.07, 6.45) is 37.9. The van der Waals surface area contributed by atoms with Crippen LogP contribution in [0.25, 0.3) is 55.6 Å². The molecule has 0 fully saturated rings. The van der Waals surface area contributed by atoms with Crippen molar-refractivity contribution in [2.45, 2.75) is 206 Å². The van der Waals surface area contributed by atoms with Crippen LogP contribution < -0.4 is 9.47 Å². The summed E-state index contributed by atoms with van der Waals surface area (Å²) < 4.78 is 17.8. The molecule has 0 heterocycles. The lowest BCUT2D eigenvalue weighted by Gasteiger charge is -2.33. The first-order valence-electron chi connectivity index (χ1n) is 30.8. The summed E-state index contributed by atoms with van der Waals surface area (Å²) >= 11 is 0. The summed E-state index contributed by atoms with van der Waals surface area (Å²) in [6, 6.07) is 50.9. The topological polar surface area (TPSA) is 27.7 Å². The summed E-state index contributed by atoms with van der Waals surface area (Å²) in [5.41, 5.74) is 16.1. The molecule has 3 heteroatoms. The summed E-state index contributed by atoms with van der Waals surface area (Å²) in [4.78, 5) is 0. The zero-order valence-electron chi connectivity index (χ0n) is 47.8. The van der Waals surface area contributed by atoms with Gasteiger partial charge in [0.15, 0.2) is 0 Å². The van der Waals surface area contributed by atoms with E-state index >= 15 is 0 Å². The Balaban J connectivity index is 1.05. The van der Waals surface area contributed by atoms with Crippen molar-refractivity contribution in [3.8, 4) is 67.1 Å². The van der Waals surface area contributed by atoms with Gasteiger partial charge in [-0.3, -0.25) is 0 Å². The fraction of sp³-hybridized carbons (Fsp3) is 0.479. The van der Waals surface area contributed by atoms with Crippen molar-refractivity contribution in [2.24, 2.45) is 0 Å². The second kappa shape index (κ2) is 32.9. The lowest BCUT2D eigenvalue weighted by Crippen LogP contribution is -2.25. The van der Waals surface area contributed by atoms with Gasteiger partial charge in [0, 0.05) is 5.41 Å². The van der Waals surface area contributed by atoms with Gasteiger partial charge >= 0.3 is 0 Å². The molecule has 6 aromatic carbocycles. The first-order valence-corrected chi connectivity index (χ1v) is 30.8. The number of rotatable bonds is 38. The van der Waals surface area contributed by atoms with Crippen molar-refractivity contribution in [3.63, 3.8) is 0 Å². The number of hydrogen-bond donors (Lipinski definition) is 0. The maximum atomic E-state index is 6.17. The zero-order chi connectivity index (χ0) is 52.9. The van der Waals surface area contributed by atoms with Crippen LogP contribution in [0.5, 0.6) is 11.5 Å². The molecule has 0 atom stereocenters. The van der Waals surface area contributed by atoms with Crippen molar-refractivity contribution in [1.29, 1.82) is 0 Å². The minimum Gasteiger partial charge on any atom is -0.502 e. The zero-order valence-corrected chi connectivity index (χ0v) is 47.8. The van der Waals surface area contributed by atoms with E-state index in [2.05, 4.69) is 167 Å². The van der Waals surface area contributed by atoms with E-state index in [9.17, 15) is 0 Å². The summed E-state index contributed by atoms with van der Waals surface area (Å²) in [7, 11) is 0. The van der Waals surface area contributed by atoms with E-state index in [4.69, 9.17) is 14.2 Å². The van der Waals surface area contributed by atoms with Gasteiger partial charge < -0.3 is 14.2 Å². The Labute approximate surface area is 462 Å². The van der Waals surface area contributed by atoms with Crippen LogP contribution in [0.15, 0.2) is 146 Å². The highest BCUT2D eigenvalue weighted by Crippen LogP contribution is 2.56. The number of fused-ring (bicyclic) bond motifs is 3. The van der Waals surface area contributed by atoms with Gasteiger partial charge in [0.25, 0.3) is 0 Å². The van der Waals surface area contributed by atoms with E-state index in [0.717, 1.165) is 57.0 Å². The molecule has 76 heavy (non-hydrogen) atoms. The van der Waals surface area contributed by atoms with Crippen LogP contribution in [-0.2, 0) is 10.2 Å². The molecule has 1 aliphatic carbocycles. The smallest absolute Gasteiger partial charge is 0.119 e. The van der Waals surface area contributed by atoms with Crippen LogP contribution in [0, 0.1) is 0 Å². The second-order valence-electron chi connectivity index (χ2n) is 22.1. The van der Waals surface area contributed by atoms with Crippen molar-refractivity contribution in [2.75, 3.05) is 19.8 Å². The maximum absolute atomic E-state index is 6.17. The molecule has 0 radical (unpaired) electrons. The third kappa shape index (κ3) is 17.5. The molecule has 0 spiro atoms. The monoisotopic (exact) mass is 1020 g/mol. The largest absolute Gasteiger partial charge is 0.502 e. The Kier molecular flexibility index (Phi) is 25.2. The second-order valence-corrected chi connectivity index (χ2v) is 22.1. The van der Waals surface area contributed by atoms with Gasteiger partial charge in [0.1, 0.15) is 11.5 Å². The van der Waals surface area contributed by atoms with E-state index in [1.807, 2.05) is 6.26 Å². The number of hydrogen-bond acceptors (Lipinski definition) is 3. The molecule has 3 nitrogen and oxygen atoms in total. The molecule has 0 aromatic heterocycles. The molecule has 0 N–H and O–H groups in total. The molecule has 0 aliphatic heterocycles. The molecule has 406 valence electrons. The molecule has 0 saturated heterocycles. The van der Waals surface area contributed by atoms with Crippen LogP contribution in [0.3, 0.4) is 0 Å². The van der Waals surface area contributed by atoms with Gasteiger partial charge in [0.05, 0.1) is 26.1 Å². The molecule has 1 aliphatic rings. The van der Waals surface area contributed by atoms with E-state index in [-0.39, 0.29) is 5.41 Å². The number of benzene rings is 6. The normalized spacial score (nSPS) is 12.5. The van der Waals surface area contributed by atoms with Crippen LogP contribution in [0.2, 0.25) is 0 Å². The molecular weight excluding hydrogens is 925 g/mol. The number of ether oxygens (including phenoxy) is 3. The minimum absolute atomic E-state index is 0.0178. The van der Waals surface area contributed by atoms with E-state index in [1.165, 1.54) is 203 Å². The lowest BCUT2D eigenvalue weighted by atomic mass is 9.70. The van der Waals surface area contributed by atoms with Crippen LogP contribution in [0.4, 0.5) is 0 Å². The SMILES string of the molecule is CC/C=C/OCCCCCCCCOc1ccc(-c2ccc(-c3ccc4c(c3)C(CCCCCCCC)(CCCCCCCC)c3cc(-c5ccc(-c6ccc(OCCCCCCCC)cc6)cc5)ccc3-4)cc2)cc1. The quantitative estimate of drug-likeness (QED) is 0.0286. The average Bonchev–Trinajstić information content (AvgIpc) is 3.81. The third-order valence-electron chi connectivity index (χ3n) is 16.2. The minimum atomic E-state index is -0.0178. The molecule has 0 saturated carbocycles. The molecule has 6 aromatic rings. The predicted octanol–water partition coefficient (Wildman–Crippen LogP) is 22.5. The number of allylic oxidation sites excluding steroid dienone is 1. The third-order valence-corrected chi connectivity index (χ3v) is 16.2. The molecule has 0 bridgehead atoms. The molecular formula is C73H96O3. The average molecular weight is 1020 g/mol. The van der Waals surface area contributed by atoms with Crippen molar-refractivity contribution < 1.29 is 14.2 Å². The van der Waals surface area contributed by atoms with E-state index in [1.54, 1.807) is 11.1 Å². The summed E-state index contributed by atoms with van der Waals surface area (Å²) in [6.45, 7) is 11.5. The Morgan fingerprint density at radius 2 is 0.618 bits per heavy atom. The van der Waals surface area contributed by atoms with Gasteiger partial charge in [-0.25, -0.2) is 0 Å². The van der Waals surface area contributed by atoms with E-state index in [0.29, 0.717) is 0 Å². The lowest BCUT2D eigenvalue weighted by molar-refractivity contribution is 0.239. The first-order chi connectivity index (χ1) is 37.6. The maximum Gasteiger partial charge on any atom is 0.119 e. The van der Waals surface area contributed by atoms with Gasteiger partial charge in [-0.2, -0.15) is 0 Å². The first kappa shape index (κ1) is 58.1. The van der Waals surface area contributed by atoms with Gasteiger partial charge in [-0.05, 0) is 142 Å². The highest BCUT2D eigenvalue weighted by atomic mass is 16.5. The Hall–Kier alpha value is -5.54. The standard InChI is InChI=1S/C73H96O3/c1-5-9-13-16-21-26-51-73(52-27-22-17-14-10-6-2)71-57-65(63-35-31-59(32-36-63)61-39-45-67(46-40-61)75-55-29-24-18-15-11-7-3)43-49-69(71)70-50-44-66(58-72(70)73)64-37-33-60(34-38-64)62-41-47-68(48-42-62)76-56-30-25-20-19-23-28-54-74-53-12-8-4/h12,31-50,53,57-58H,5-11,13-30,51-52,54-56H2,1-4H3/b53-12+. The fourth-order valence-corrected chi connectivity index (χ4v) is 11.6. The van der Waals surface area contributed by atoms with E-state index < -0.39 is 0 Å². The van der Waals surface area contributed by atoms with Crippen molar-refractivity contribution >= 4 is 0 Å². The number of unbranched alkanes of at least 4 members (excludes halogenated alkanes) is 20. The summed E-state index contributed by atoms with van der Waals surface area (Å²) in [5, 5.41) is 0. The van der Waals surface area contributed by atoms with Gasteiger partial charge in [0.2, 0.25) is 0 Å². The Morgan fingerprint density at radius 3 is 0.987 bits per heavy atom. The van der Waals surface area contributed by atoms with Crippen LogP contribution >= 0.6 is 0 Å². The van der Waals surface area contributed by atoms with Crippen LogP contribution in [-0.4, -0.2) is 19.8 Å². The molecule has 0 unspecified atom stereocenters. The Bertz CT molecular complexity index is 2530. The van der Waals surface area contributed by atoms with Gasteiger partial charge in [-0.1, -0.05) is 266 Å². The highest BCUT2D eigenvalue weighted by molar-refractivity contribution is 5.86. The molecule has 7 rings (SSSR count). The van der Waals surface area contributed by atoms with Crippen molar-refractivity contribution in [3.05, 3.63) is 157 Å². The summed E-state index contributed by atoms with van der Waals surface area (Å²) in [5.74, 6) is 1.92. The fourth-order valence-electron chi connectivity index (χ4n) is 11.6. The highest BCUT2D eigenvalue weighted by Gasteiger charge is 2.42. The molecule has 0 amide bonds. The van der Waals surface area contributed by atoms with Crippen LogP contribution in [0.1, 0.15) is 212 Å². The Morgan fingerprint density at radius 1 is 0.316 bits per heavy atom. The van der Waals surface area contributed by atoms with Gasteiger partial charge in [-0.15, -0.1) is 0 Å².